The molecule has 2 aromatic carbocycles. The molecule has 0 nitrogen and oxygen atoms in total. The van der Waals surface area contributed by atoms with E-state index in [0.717, 1.165) is 8.86 Å². The van der Waals surface area contributed by atoms with Crippen molar-refractivity contribution in [3.05, 3.63) is 71.8 Å². The van der Waals surface area contributed by atoms with Gasteiger partial charge < -0.3 is 0 Å². The van der Waals surface area contributed by atoms with Crippen LogP contribution in [-0.2, 0) is 8.86 Å². The van der Waals surface area contributed by atoms with Crippen molar-refractivity contribution in [2.24, 2.45) is 0 Å². The van der Waals surface area contributed by atoms with Crippen LogP contribution in [0, 0.1) is 0 Å². The second kappa shape index (κ2) is 13.3. The van der Waals surface area contributed by atoms with Crippen LogP contribution in [0.5, 0.6) is 0 Å². The second-order valence-corrected chi connectivity index (χ2v) is 4.76. The normalized spacial score (nSPS) is 8.44. The Hall–Kier alpha value is -0.100. The van der Waals surface area contributed by atoms with Crippen LogP contribution in [0.2, 0.25) is 0 Å². The van der Waals surface area contributed by atoms with Gasteiger partial charge in [-0.1, -0.05) is 120 Å². The molecule has 0 aromatic heterocycles. The Labute approximate surface area is 138 Å². The summed E-state index contributed by atoms with van der Waals surface area (Å²) >= 11 is 4.71. The Morgan fingerprint density at radius 1 is 0.611 bits per heavy atom. The van der Waals surface area contributed by atoms with Gasteiger partial charge in [0.15, 0.2) is 0 Å². The summed E-state index contributed by atoms with van der Waals surface area (Å²) < 4.78 is 2.22. The average Bonchev–Trinajstić information content (AvgIpc) is 2.51. The quantitative estimate of drug-likeness (QED) is 0.362. The second-order valence-electron chi connectivity index (χ2n) is 3.24. The predicted molar refractivity (Wildman–Crippen MR) is 99.7 cm³/mol. The third-order valence-corrected chi connectivity index (χ3v) is 3.76. The van der Waals surface area contributed by atoms with Crippen molar-refractivity contribution in [3.8, 4) is 0 Å². The molecule has 0 bridgehead atoms. The molecule has 0 fully saturated rings. The lowest BCUT2D eigenvalue weighted by atomic mass is 10.2. The minimum Gasteiger partial charge on any atom is -0.0812 e. The number of rotatable bonds is 2. The van der Waals surface area contributed by atoms with Crippen LogP contribution in [0.15, 0.2) is 60.7 Å². The molecule has 0 spiro atoms. The first-order valence-corrected chi connectivity index (χ1v) is 9.11. The maximum absolute atomic E-state index is 2.35. The molecule has 0 amide bonds. The SMILES string of the molecule is CC.ICc1ccccc1.ICc1ccccc1. The number of benzene rings is 2. The van der Waals surface area contributed by atoms with Crippen molar-refractivity contribution in [3.63, 3.8) is 0 Å². The molecule has 18 heavy (non-hydrogen) atoms. The van der Waals surface area contributed by atoms with Crippen LogP contribution in [0.1, 0.15) is 25.0 Å². The van der Waals surface area contributed by atoms with E-state index in [9.17, 15) is 0 Å². The fourth-order valence-corrected chi connectivity index (χ4v) is 2.15. The summed E-state index contributed by atoms with van der Waals surface area (Å²) in [6, 6.07) is 20.9. The minimum absolute atomic E-state index is 1.11. The highest BCUT2D eigenvalue weighted by Crippen LogP contribution is 2.03. The fourth-order valence-electron chi connectivity index (χ4n) is 1.13. The first kappa shape index (κ1) is 17.9. The molecule has 0 aliphatic rings. The highest BCUT2D eigenvalue weighted by Gasteiger charge is 1.81. The molecule has 2 heteroatoms. The number of hydrogen-bond acceptors (Lipinski definition) is 0. The van der Waals surface area contributed by atoms with Crippen LogP contribution in [0.3, 0.4) is 0 Å². The minimum atomic E-state index is 1.11. The summed E-state index contributed by atoms with van der Waals surface area (Å²) in [5, 5.41) is 0. The fraction of sp³-hybridized carbons (Fsp3) is 0.250. The van der Waals surface area contributed by atoms with Crippen molar-refractivity contribution in [2.75, 3.05) is 0 Å². The zero-order chi connectivity index (χ0) is 13.6. The molecule has 2 aromatic rings. The molecular weight excluding hydrogens is 446 g/mol. The van der Waals surface area contributed by atoms with Crippen LogP contribution in [0.25, 0.3) is 0 Å². The van der Waals surface area contributed by atoms with Crippen molar-refractivity contribution in [1.82, 2.24) is 0 Å². The van der Waals surface area contributed by atoms with Crippen LogP contribution < -0.4 is 0 Å². The van der Waals surface area contributed by atoms with E-state index in [1.54, 1.807) is 0 Å². The molecule has 0 aliphatic heterocycles. The van der Waals surface area contributed by atoms with Crippen molar-refractivity contribution < 1.29 is 0 Å². The molecule has 0 saturated heterocycles. The van der Waals surface area contributed by atoms with Gasteiger partial charge in [0.2, 0.25) is 0 Å². The van der Waals surface area contributed by atoms with E-state index in [1.165, 1.54) is 11.1 Å². The summed E-state index contributed by atoms with van der Waals surface area (Å²) in [6.45, 7) is 4.00. The monoisotopic (exact) mass is 466 g/mol. The summed E-state index contributed by atoms with van der Waals surface area (Å²) in [6.07, 6.45) is 0. The summed E-state index contributed by atoms with van der Waals surface area (Å²) in [7, 11) is 0. The Morgan fingerprint density at radius 3 is 1.06 bits per heavy atom. The molecule has 0 saturated carbocycles. The lowest BCUT2D eigenvalue weighted by Gasteiger charge is -1.88. The molecule has 0 heterocycles. The van der Waals surface area contributed by atoms with Gasteiger partial charge >= 0.3 is 0 Å². The van der Waals surface area contributed by atoms with Crippen LogP contribution in [0.4, 0.5) is 0 Å². The molecular formula is C16H20I2. The lowest BCUT2D eigenvalue weighted by molar-refractivity contribution is 1.46. The van der Waals surface area contributed by atoms with E-state index >= 15 is 0 Å². The largest absolute Gasteiger partial charge is 0.0812 e. The number of alkyl halides is 2. The number of hydrogen-bond donors (Lipinski definition) is 0. The molecule has 2 rings (SSSR count). The van der Waals surface area contributed by atoms with Gasteiger partial charge in [-0.25, -0.2) is 0 Å². The van der Waals surface area contributed by atoms with Gasteiger partial charge in [-0.2, -0.15) is 0 Å². The van der Waals surface area contributed by atoms with Gasteiger partial charge in [-0.15, -0.1) is 0 Å². The Balaban J connectivity index is 0.000000283. The first-order chi connectivity index (χ1) is 8.86. The van der Waals surface area contributed by atoms with Gasteiger partial charge in [0.05, 0.1) is 0 Å². The third kappa shape index (κ3) is 8.91. The van der Waals surface area contributed by atoms with E-state index in [0.29, 0.717) is 0 Å². The maximum Gasteiger partial charge on any atom is 0.0247 e. The van der Waals surface area contributed by atoms with Crippen molar-refractivity contribution >= 4 is 45.2 Å². The smallest absolute Gasteiger partial charge is 0.0247 e. The lowest BCUT2D eigenvalue weighted by Crippen LogP contribution is -1.70. The van der Waals surface area contributed by atoms with E-state index in [1.807, 2.05) is 26.0 Å². The van der Waals surface area contributed by atoms with Crippen molar-refractivity contribution in [2.45, 2.75) is 22.7 Å². The maximum atomic E-state index is 2.35. The third-order valence-electron chi connectivity index (χ3n) is 1.99. The Morgan fingerprint density at radius 2 is 0.889 bits per heavy atom. The average molecular weight is 466 g/mol. The van der Waals surface area contributed by atoms with Gasteiger partial charge in [0, 0.05) is 8.86 Å². The zero-order valence-corrected chi connectivity index (χ0v) is 15.3. The highest BCUT2D eigenvalue weighted by atomic mass is 127. The van der Waals surface area contributed by atoms with E-state index in [-0.39, 0.29) is 0 Å². The van der Waals surface area contributed by atoms with Gasteiger partial charge in [-0.05, 0) is 11.1 Å². The molecule has 0 atom stereocenters. The van der Waals surface area contributed by atoms with Crippen LogP contribution >= 0.6 is 45.2 Å². The van der Waals surface area contributed by atoms with Gasteiger partial charge in [0.25, 0.3) is 0 Å². The van der Waals surface area contributed by atoms with Gasteiger partial charge in [0.1, 0.15) is 0 Å². The molecule has 0 radical (unpaired) electrons. The standard InChI is InChI=1S/2C7H7I.C2H6/c2*8-6-7-4-2-1-3-5-7;1-2/h2*1-5H,6H2;1-2H3. The van der Waals surface area contributed by atoms with Crippen LogP contribution in [-0.4, -0.2) is 0 Å². The summed E-state index contributed by atoms with van der Waals surface area (Å²) in [5.41, 5.74) is 2.79. The predicted octanol–water partition coefficient (Wildman–Crippen LogP) is 6.27. The number of halogens is 2. The topological polar surface area (TPSA) is 0 Å². The summed E-state index contributed by atoms with van der Waals surface area (Å²) in [5.74, 6) is 0. The molecule has 0 unspecified atom stereocenters. The summed E-state index contributed by atoms with van der Waals surface area (Å²) in [4.78, 5) is 0. The molecule has 0 aliphatic carbocycles. The van der Waals surface area contributed by atoms with E-state index in [2.05, 4.69) is 93.7 Å². The zero-order valence-electron chi connectivity index (χ0n) is 10.9. The molecule has 0 N–H and O–H groups in total. The van der Waals surface area contributed by atoms with E-state index in [4.69, 9.17) is 0 Å². The Bertz CT molecular complexity index is 331. The highest BCUT2D eigenvalue weighted by molar-refractivity contribution is 14.1. The first-order valence-electron chi connectivity index (χ1n) is 6.06. The van der Waals surface area contributed by atoms with E-state index < -0.39 is 0 Å². The van der Waals surface area contributed by atoms with Crippen molar-refractivity contribution in [1.29, 1.82) is 0 Å². The molecule has 98 valence electrons. The Kier molecular flexibility index (Phi) is 13.3. The van der Waals surface area contributed by atoms with Gasteiger partial charge in [-0.3, -0.25) is 0 Å².